The van der Waals surface area contributed by atoms with Crippen LogP contribution in [0.2, 0.25) is 0 Å². The fourth-order valence-corrected chi connectivity index (χ4v) is 3.24. The largest absolute Gasteiger partial charge is 0.495 e. The Morgan fingerprint density at radius 1 is 1.20 bits per heavy atom. The molecule has 0 bridgehead atoms. The highest BCUT2D eigenvalue weighted by atomic mass is 32.2. The Hall–Kier alpha value is -2.67. The van der Waals surface area contributed by atoms with E-state index in [1.54, 1.807) is 43.3 Å². The normalized spacial score (nSPS) is 12.9. The lowest BCUT2D eigenvalue weighted by molar-refractivity contribution is -0.115. The topological polar surface area (TPSA) is 92.7 Å². The summed E-state index contributed by atoms with van der Waals surface area (Å²) in [5.41, 5.74) is 1.24. The molecule has 2 aromatic carbocycles. The van der Waals surface area contributed by atoms with Crippen LogP contribution in [0.3, 0.4) is 0 Å². The quantitative estimate of drug-likeness (QED) is 0.791. The van der Waals surface area contributed by atoms with Gasteiger partial charge in [-0.3, -0.25) is 9.00 Å². The number of amides is 1. The van der Waals surface area contributed by atoms with E-state index < -0.39 is 27.9 Å². The highest BCUT2D eigenvalue weighted by Gasteiger charge is 2.21. The molecule has 0 radical (unpaired) electrons. The molecule has 2 N–H and O–H groups in total. The summed E-state index contributed by atoms with van der Waals surface area (Å²) in [5.74, 6) is -0.823. The van der Waals surface area contributed by atoms with Gasteiger partial charge in [0.25, 0.3) is 0 Å². The summed E-state index contributed by atoms with van der Waals surface area (Å²) in [6.07, 6.45) is 0. The van der Waals surface area contributed by atoms with Crippen LogP contribution < -0.4 is 10.1 Å². The van der Waals surface area contributed by atoms with E-state index in [0.717, 1.165) is 0 Å². The Morgan fingerprint density at radius 3 is 2.60 bits per heavy atom. The van der Waals surface area contributed by atoms with Gasteiger partial charge in [0.1, 0.15) is 11.0 Å². The van der Waals surface area contributed by atoms with Gasteiger partial charge in [0.2, 0.25) is 5.91 Å². The molecule has 25 heavy (non-hydrogen) atoms. The zero-order valence-corrected chi connectivity index (χ0v) is 14.7. The van der Waals surface area contributed by atoms with Gasteiger partial charge >= 0.3 is 5.97 Å². The predicted molar refractivity (Wildman–Crippen MR) is 96.3 cm³/mol. The van der Waals surface area contributed by atoms with Crippen molar-refractivity contribution in [2.75, 3.05) is 12.4 Å². The van der Waals surface area contributed by atoms with Crippen molar-refractivity contribution in [3.63, 3.8) is 0 Å². The van der Waals surface area contributed by atoms with E-state index in [1.165, 1.54) is 19.2 Å². The number of carbonyl (C=O) groups is 2. The molecule has 7 heteroatoms. The molecule has 0 fully saturated rings. The van der Waals surface area contributed by atoms with Gasteiger partial charge < -0.3 is 15.2 Å². The third kappa shape index (κ3) is 4.90. The maximum absolute atomic E-state index is 12.5. The fraction of sp³-hybridized carbons (Fsp3) is 0.222. The summed E-state index contributed by atoms with van der Waals surface area (Å²) in [5, 5.41) is 10.9. The molecule has 2 aromatic rings. The summed E-state index contributed by atoms with van der Waals surface area (Å²) >= 11 is 0. The molecule has 2 rings (SSSR count). The second-order valence-corrected chi connectivity index (χ2v) is 7.12. The number of hydrogen-bond acceptors (Lipinski definition) is 4. The molecular weight excluding hydrogens is 342 g/mol. The number of anilines is 1. The van der Waals surface area contributed by atoms with Gasteiger partial charge in [-0.05, 0) is 36.8 Å². The second kappa shape index (κ2) is 8.43. The molecule has 0 aliphatic rings. The first-order valence-electron chi connectivity index (χ1n) is 7.55. The Labute approximate surface area is 148 Å². The van der Waals surface area contributed by atoms with Crippen molar-refractivity contribution in [3.8, 4) is 5.75 Å². The van der Waals surface area contributed by atoms with E-state index in [4.69, 9.17) is 9.84 Å². The number of nitrogens with one attached hydrogen (secondary N) is 1. The molecule has 0 spiro atoms. The first kappa shape index (κ1) is 18.7. The van der Waals surface area contributed by atoms with Crippen molar-refractivity contribution in [2.24, 2.45) is 0 Å². The number of carbonyl (C=O) groups excluding carboxylic acids is 1. The van der Waals surface area contributed by atoms with Crippen molar-refractivity contribution in [2.45, 2.75) is 17.9 Å². The minimum atomic E-state index is -1.50. The summed E-state index contributed by atoms with van der Waals surface area (Å²) in [7, 11) is 0.00665. The van der Waals surface area contributed by atoms with Crippen LogP contribution in [0.5, 0.6) is 5.75 Å². The molecule has 0 aromatic heterocycles. The number of hydrogen-bond donors (Lipinski definition) is 2. The number of para-hydroxylation sites is 2. The van der Waals surface area contributed by atoms with Gasteiger partial charge in [-0.15, -0.1) is 0 Å². The zero-order valence-electron chi connectivity index (χ0n) is 13.9. The van der Waals surface area contributed by atoms with Crippen LogP contribution in [0.25, 0.3) is 0 Å². The smallest absolute Gasteiger partial charge is 0.335 e. The summed E-state index contributed by atoms with van der Waals surface area (Å²) in [6, 6.07) is 13.2. The van der Waals surface area contributed by atoms with Crippen molar-refractivity contribution >= 4 is 28.4 Å². The van der Waals surface area contributed by atoms with Crippen LogP contribution >= 0.6 is 0 Å². The molecule has 1 amide bonds. The van der Waals surface area contributed by atoms with Crippen molar-refractivity contribution in [3.05, 3.63) is 59.7 Å². The van der Waals surface area contributed by atoms with Crippen LogP contribution in [-0.4, -0.2) is 33.6 Å². The van der Waals surface area contributed by atoms with E-state index >= 15 is 0 Å². The lowest BCUT2D eigenvalue weighted by Gasteiger charge is -2.14. The lowest BCUT2D eigenvalue weighted by atomic mass is 10.1. The molecule has 0 saturated heterocycles. The Kier molecular flexibility index (Phi) is 6.30. The number of ether oxygens (including phenoxy) is 1. The minimum Gasteiger partial charge on any atom is -0.495 e. The molecule has 132 valence electrons. The van der Waals surface area contributed by atoms with Crippen molar-refractivity contribution in [1.82, 2.24) is 0 Å². The molecular formula is C18H19NO5S. The van der Waals surface area contributed by atoms with Crippen LogP contribution in [0.1, 0.15) is 22.8 Å². The SMILES string of the molecule is COc1ccccc1NC(=O)C(C)S(=O)Cc1cccc(C(=O)O)c1. The van der Waals surface area contributed by atoms with Crippen molar-refractivity contribution in [1.29, 1.82) is 0 Å². The number of benzene rings is 2. The van der Waals surface area contributed by atoms with Crippen LogP contribution in [-0.2, 0) is 21.3 Å². The van der Waals surface area contributed by atoms with E-state index in [2.05, 4.69) is 5.32 Å². The highest BCUT2D eigenvalue weighted by molar-refractivity contribution is 7.85. The summed E-state index contributed by atoms with van der Waals surface area (Å²) in [6.45, 7) is 1.57. The molecule has 2 unspecified atom stereocenters. The van der Waals surface area contributed by atoms with E-state index in [9.17, 15) is 13.8 Å². The van der Waals surface area contributed by atoms with Crippen LogP contribution in [0, 0.1) is 0 Å². The zero-order chi connectivity index (χ0) is 18.4. The maximum Gasteiger partial charge on any atom is 0.335 e. The second-order valence-electron chi connectivity index (χ2n) is 5.36. The third-order valence-corrected chi connectivity index (χ3v) is 5.23. The van der Waals surface area contributed by atoms with E-state index in [-0.39, 0.29) is 11.3 Å². The Bertz CT molecular complexity index is 806. The Balaban J connectivity index is 2.05. The number of carboxylic acid groups (broad SMARTS) is 1. The molecule has 2 atom stereocenters. The predicted octanol–water partition coefficient (Wildman–Crippen LogP) is 2.67. The number of carboxylic acids is 1. The van der Waals surface area contributed by atoms with Gasteiger partial charge in [-0.1, -0.05) is 24.3 Å². The molecule has 6 nitrogen and oxygen atoms in total. The van der Waals surface area contributed by atoms with Crippen molar-refractivity contribution < 1.29 is 23.6 Å². The van der Waals surface area contributed by atoms with E-state index in [0.29, 0.717) is 17.0 Å². The third-order valence-electron chi connectivity index (χ3n) is 3.61. The standard InChI is InChI=1S/C18H19NO5S/c1-12(17(20)19-15-8-3-4-9-16(15)24-2)25(23)11-13-6-5-7-14(10-13)18(21)22/h3-10,12H,11H2,1-2H3,(H,19,20)(H,21,22). The van der Waals surface area contributed by atoms with Gasteiger partial charge in [-0.2, -0.15) is 0 Å². The van der Waals surface area contributed by atoms with Crippen LogP contribution in [0.15, 0.2) is 48.5 Å². The van der Waals surface area contributed by atoms with E-state index in [1.807, 2.05) is 0 Å². The molecule has 0 aliphatic heterocycles. The average Bonchev–Trinajstić information content (AvgIpc) is 2.61. The highest BCUT2D eigenvalue weighted by Crippen LogP contribution is 2.23. The number of methoxy groups -OCH3 is 1. The first-order valence-corrected chi connectivity index (χ1v) is 8.94. The number of aromatic carboxylic acids is 1. The first-order chi connectivity index (χ1) is 11.9. The average molecular weight is 361 g/mol. The summed E-state index contributed by atoms with van der Waals surface area (Å²) < 4.78 is 17.6. The molecule has 0 aliphatic carbocycles. The molecule has 0 saturated carbocycles. The lowest BCUT2D eigenvalue weighted by Crippen LogP contribution is -2.30. The maximum atomic E-state index is 12.5. The van der Waals surface area contributed by atoms with Crippen LogP contribution in [0.4, 0.5) is 5.69 Å². The Morgan fingerprint density at radius 2 is 1.92 bits per heavy atom. The van der Waals surface area contributed by atoms with Gasteiger partial charge in [0.05, 0.1) is 18.4 Å². The summed E-state index contributed by atoms with van der Waals surface area (Å²) in [4.78, 5) is 23.3. The van der Waals surface area contributed by atoms with Gasteiger partial charge in [-0.25, -0.2) is 4.79 Å². The number of rotatable bonds is 7. The van der Waals surface area contributed by atoms with Gasteiger partial charge in [0.15, 0.2) is 0 Å². The monoisotopic (exact) mass is 361 g/mol. The minimum absolute atomic E-state index is 0.0988. The fourth-order valence-electron chi connectivity index (χ4n) is 2.19. The van der Waals surface area contributed by atoms with Gasteiger partial charge in [0, 0.05) is 16.6 Å². The molecule has 0 heterocycles.